The van der Waals surface area contributed by atoms with Crippen LogP contribution in [0.5, 0.6) is 0 Å². The van der Waals surface area contributed by atoms with Crippen LogP contribution in [0.15, 0.2) is 18.7 Å². The van der Waals surface area contributed by atoms with Crippen LogP contribution in [-0.2, 0) is 23.2 Å². The predicted octanol–water partition coefficient (Wildman–Crippen LogP) is 0.927. The van der Waals surface area contributed by atoms with Crippen molar-refractivity contribution in [1.82, 2.24) is 4.57 Å². The molecule has 0 radical (unpaired) electrons. The molecule has 0 spiro atoms. The molecule has 0 aliphatic rings. The number of aromatic nitrogens is 2. The Balaban J connectivity index is 0. The van der Waals surface area contributed by atoms with Gasteiger partial charge in [-0.05, 0) is 6.92 Å². The van der Waals surface area contributed by atoms with E-state index in [1.165, 1.54) is 5.16 Å². The third-order valence-electron chi connectivity index (χ3n) is 1.74. The van der Waals surface area contributed by atoms with Crippen molar-refractivity contribution in [3.05, 3.63) is 24.1 Å². The first-order valence-electron chi connectivity index (χ1n) is 5.33. The van der Waals surface area contributed by atoms with E-state index in [1.54, 1.807) is 0 Å². The highest BCUT2D eigenvalue weighted by Gasteiger charge is 2.00. The van der Waals surface area contributed by atoms with Gasteiger partial charge in [-0.2, -0.15) is 5.16 Å². The van der Waals surface area contributed by atoms with Crippen molar-refractivity contribution in [2.75, 3.05) is 0 Å². The summed E-state index contributed by atoms with van der Waals surface area (Å²) in [6, 6.07) is 0. The van der Waals surface area contributed by atoms with E-state index in [2.05, 4.69) is 36.2 Å². The number of carbonyl (C=O) groups is 2. The number of aliphatic carboxylic acids is 2. The molecule has 8 heteroatoms. The van der Waals surface area contributed by atoms with E-state index in [-0.39, 0.29) is 12.8 Å². The predicted molar refractivity (Wildman–Crippen MR) is 71.7 cm³/mol. The zero-order valence-corrected chi connectivity index (χ0v) is 11.6. The molecule has 1 rings (SSSR count). The van der Waals surface area contributed by atoms with Crippen molar-refractivity contribution >= 4 is 29.3 Å². The Hall–Kier alpha value is -2.05. The molecule has 0 aliphatic heterocycles. The van der Waals surface area contributed by atoms with Gasteiger partial charge in [0.05, 0.1) is 26.4 Å². The van der Waals surface area contributed by atoms with Gasteiger partial charge in [-0.25, -0.2) is 9.13 Å². The maximum Gasteiger partial charge on any atom is 0.303 e. The molecule has 0 aliphatic carbocycles. The first-order valence-corrected chi connectivity index (χ1v) is 5.74. The van der Waals surface area contributed by atoms with Crippen molar-refractivity contribution in [3.63, 3.8) is 0 Å². The standard InChI is InChI=1S/C6H11N2.C4H6O4.CNS/c1-3-8-5-4-7(2)6-8;5-3(6)1-2-4(7)8;2-1-3/h4-6H,3H2,1-2H3;1-2H2,(H,5,6)(H,7,8);/q+1;;-1. The number of isothiocyanates is 1. The second-order valence-corrected chi connectivity index (χ2v) is 3.47. The summed E-state index contributed by atoms with van der Waals surface area (Å²) in [7, 11) is 2.02. The fraction of sp³-hybridized carbons (Fsp3) is 0.455. The molecule has 0 fully saturated rings. The van der Waals surface area contributed by atoms with E-state index >= 15 is 0 Å². The third-order valence-corrected chi connectivity index (χ3v) is 1.74. The van der Waals surface area contributed by atoms with Gasteiger partial charge in [0, 0.05) is 0 Å². The fourth-order valence-corrected chi connectivity index (χ4v) is 0.903. The number of carboxylic acid groups (broad SMARTS) is 2. The van der Waals surface area contributed by atoms with E-state index < -0.39 is 11.9 Å². The van der Waals surface area contributed by atoms with E-state index in [9.17, 15) is 9.59 Å². The molecule has 0 amide bonds. The molecule has 106 valence electrons. The Bertz CT molecular complexity index is 411. The van der Waals surface area contributed by atoms with Gasteiger partial charge in [0.25, 0.3) is 0 Å². The Morgan fingerprint density at radius 1 is 1.37 bits per heavy atom. The number of thiocarbonyl (C=S) groups is 1. The van der Waals surface area contributed by atoms with Crippen LogP contribution in [-0.4, -0.2) is 31.9 Å². The maximum absolute atomic E-state index is 9.64. The van der Waals surface area contributed by atoms with Crippen LogP contribution >= 0.6 is 12.2 Å². The number of hydrogen-bond donors (Lipinski definition) is 2. The second-order valence-electron chi connectivity index (χ2n) is 3.29. The maximum atomic E-state index is 9.64. The summed E-state index contributed by atoms with van der Waals surface area (Å²) in [5.41, 5.74) is 0. The molecule has 0 bridgehead atoms. The molecule has 0 unspecified atom stereocenters. The molecular formula is C11H17N3O4S. The van der Waals surface area contributed by atoms with Crippen LogP contribution in [0.1, 0.15) is 19.8 Å². The van der Waals surface area contributed by atoms with Crippen molar-refractivity contribution in [1.29, 1.82) is 0 Å². The largest absolute Gasteiger partial charge is 0.753 e. The smallest absolute Gasteiger partial charge is 0.303 e. The van der Waals surface area contributed by atoms with Crippen molar-refractivity contribution in [2.24, 2.45) is 7.05 Å². The highest BCUT2D eigenvalue weighted by Crippen LogP contribution is 1.86. The average Bonchev–Trinajstić information content (AvgIpc) is 2.74. The van der Waals surface area contributed by atoms with Gasteiger partial charge in [0.2, 0.25) is 6.33 Å². The number of carboxylic acids is 2. The summed E-state index contributed by atoms with van der Waals surface area (Å²) in [5, 5.41) is 24.3. The van der Waals surface area contributed by atoms with Gasteiger partial charge >= 0.3 is 11.9 Å². The monoisotopic (exact) mass is 287 g/mol. The average molecular weight is 287 g/mol. The summed E-state index contributed by atoms with van der Waals surface area (Å²) < 4.78 is 4.16. The summed E-state index contributed by atoms with van der Waals surface area (Å²) >= 11 is 3.70. The number of aryl methyl sites for hydroxylation is 2. The van der Waals surface area contributed by atoms with Gasteiger partial charge in [-0.1, -0.05) is 12.2 Å². The van der Waals surface area contributed by atoms with Crippen molar-refractivity contribution < 1.29 is 24.4 Å². The lowest BCUT2D eigenvalue weighted by atomic mass is 10.3. The lowest BCUT2D eigenvalue weighted by Crippen LogP contribution is -2.23. The van der Waals surface area contributed by atoms with Crippen LogP contribution in [0.3, 0.4) is 0 Å². The third kappa shape index (κ3) is 15.9. The Morgan fingerprint density at radius 2 is 1.79 bits per heavy atom. The molecule has 0 aromatic carbocycles. The highest BCUT2D eigenvalue weighted by molar-refractivity contribution is 7.78. The van der Waals surface area contributed by atoms with Gasteiger partial charge in [0.1, 0.15) is 12.4 Å². The number of nitrogens with zero attached hydrogens (tertiary/aromatic N) is 3. The first-order chi connectivity index (χ1) is 8.87. The molecule has 19 heavy (non-hydrogen) atoms. The van der Waals surface area contributed by atoms with Crippen LogP contribution in [0.2, 0.25) is 0 Å². The molecule has 0 saturated heterocycles. The summed E-state index contributed by atoms with van der Waals surface area (Å²) in [5.74, 6) is -2.15. The number of imidazole rings is 1. The van der Waals surface area contributed by atoms with Crippen molar-refractivity contribution in [3.8, 4) is 0 Å². The summed E-state index contributed by atoms with van der Waals surface area (Å²) in [4.78, 5) is 19.3. The van der Waals surface area contributed by atoms with E-state index in [4.69, 9.17) is 15.6 Å². The minimum absolute atomic E-state index is 0.296. The van der Waals surface area contributed by atoms with Gasteiger partial charge in [0.15, 0.2) is 0 Å². The Kier molecular flexibility index (Phi) is 12.6. The second kappa shape index (κ2) is 12.4. The summed E-state index contributed by atoms with van der Waals surface area (Å²) in [6.07, 6.45) is 5.55. The zero-order chi connectivity index (χ0) is 15.3. The normalized spacial score (nSPS) is 8.11. The SMILES string of the molecule is CCn1cc[n+](C)c1.O=C(O)CCC(=O)O.[N-]=C=S. The van der Waals surface area contributed by atoms with Crippen LogP contribution in [0, 0.1) is 0 Å². The molecule has 1 aromatic heterocycles. The number of hydrogen-bond acceptors (Lipinski definition) is 3. The Labute approximate surface area is 116 Å². The van der Waals surface area contributed by atoms with E-state index in [0.717, 1.165) is 6.54 Å². The molecular weight excluding hydrogens is 270 g/mol. The molecule has 1 aromatic rings. The number of rotatable bonds is 4. The molecule has 0 atom stereocenters. The van der Waals surface area contributed by atoms with Crippen molar-refractivity contribution in [2.45, 2.75) is 26.3 Å². The quantitative estimate of drug-likeness (QED) is 0.487. The lowest BCUT2D eigenvalue weighted by molar-refractivity contribution is -0.671. The highest BCUT2D eigenvalue weighted by atomic mass is 32.1. The Morgan fingerprint density at radius 3 is 1.95 bits per heavy atom. The molecule has 2 N–H and O–H groups in total. The molecule has 0 saturated carbocycles. The molecule has 1 heterocycles. The fourth-order valence-electron chi connectivity index (χ4n) is 0.903. The van der Waals surface area contributed by atoms with E-state index in [1.807, 2.05) is 17.8 Å². The van der Waals surface area contributed by atoms with Gasteiger partial charge < -0.3 is 15.6 Å². The van der Waals surface area contributed by atoms with Crippen LogP contribution < -0.4 is 4.57 Å². The van der Waals surface area contributed by atoms with Crippen LogP contribution in [0.25, 0.3) is 5.41 Å². The van der Waals surface area contributed by atoms with Gasteiger partial charge in [-0.3, -0.25) is 9.59 Å². The topological polar surface area (TPSA) is 106 Å². The van der Waals surface area contributed by atoms with Gasteiger partial charge in [-0.15, -0.1) is 0 Å². The minimum atomic E-state index is -1.08. The van der Waals surface area contributed by atoms with Crippen LogP contribution in [0.4, 0.5) is 0 Å². The lowest BCUT2D eigenvalue weighted by Gasteiger charge is -1.85. The minimum Gasteiger partial charge on any atom is -0.753 e. The van der Waals surface area contributed by atoms with E-state index in [0.29, 0.717) is 0 Å². The zero-order valence-electron chi connectivity index (χ0n) is 10.8. The summed E-state index contributed by atoms with van der Waals surface area (Å²) in [6.45, 7) is 3.18. The first kappa shape index (κ1) is 19.3. The molecule has 7 nitrogen and oxygen atoms in total.